The number of likely N-dealkylation sites (tertiary alicyclic amines) is 2. The molecule has 43 heavy (non-hydrogen) atoms. The van der Waals surface area contributed by atoms with Crippen LogP contribution < -0.4 is 15.8 Å². The van der Waals surface area contributed by atoms with E-state index in [0.717, 1.165) is 30.2 Å². The molecule has 13 heteroatoms. The fourth-order valence-corrected chi connectivity index (χ4v) is 6.14. The van der Waals surface area contributed by atoms with Crippen LogP contribution in [0.15, 0.2) is 65.7 Å². The number of ether oxygens (including phenoxy) is 1. The fraction of sp³-hybridized carbons (Fsp3) is 0.467. The maximum Gasteiger partial charge on any atom is 0.437 e. The van der Waals surface area contributed by atoms with Crippen molar-refractivity contribution in [1.29, 1.82) is 0 Å². The van der Waals surface area contributed by atoms with Gasteiger partial charge in [0.05, 0.1) is 6.26 Å². The highest BCUT2D eigenvalue weighted by Crippen LogP contribution is 2.21. The smallest absolute Gasteiger partial charge is 0.437 e. The maximum atomic E-state index is 13.5. The Balaban J connectivity index is 1.25. The van der Waals surface area contributed by atoms with Gasteiger partial charge in [-0.2, -0.15) is 0 Å². The van der Waals surface area contributed by atoms with Gasteiger partial charge in [-0.25, -0.2) is 17.9 Å². The van der Waals surface area contributed by atoms with Crippen LogP contribution in [0.3, 0.4) is 0 Å². The zero-order chi connectivity index (χ0) is 30.8. The van der Waals surface area contributed by atoms with Crippen molar-refractivity contribution in [2.24, 2.45) is 16.6 Å². The molecule has 2 aromatic carbocycles. The van der Waals surface area contributed by atoms with E-state index in [2.05, 4.69) is 15.0 Å². The number of piperidine rings is 1. The van der Waals surface area contributed by atoms with E-state index in [1.807, 2.05) is 65.6 Å². The zero-order valence-corrected chi connectivity index (χ0v) is 25.2. The van der Waals surface area contributed by atoms with E-state index >= 15 is 0 Å². The lowest BCUT2D eigenvalue weighted by atomic mass is 9.97. The summed E-state index contributed by atoms with van der Waals surface area (Å²) in [5.74, 6) is -0.347. The summed E-state index contributed by atoms with van der Waals surface area (Å²) >= 11 is 0. The number of carbonyl (C=O) groups excluding carboxylic acids is 3. The molecule has 0 bridgehead atoms. The predicted molar refractivity (Wildman–Crippen MR) is 162 cm³/mol. The van der Waals surface area contributed by atoms with Gasteiger partial charge in [0.1, 0.15) is 18.7 Å². The van der Waals surface area contributed by atoms with Crippen LogP contribution in [0.1, 0.15) is 36.8 Å². The second-order valence-corrected chi connectivity index (χ2v) is 12.8. The molecule has 232 valence electrons. The van der Waals surface area contributed by atoms with Crippen molar-refractivity contribution in [3.05, 3.63) is 71.8 Å². The predicted octanol–water partition coefficient (Wildman–Crippen LogP) is 1.62. The Labute approximate surface area is 252 Å². The van der Waals surface area contributed by atoms with Crippen molar-refractivity contribution in [3.63, 3.8) is 0 Å². The van der Waals surface area contributed by atoms with E-state index in [9.17, 15) is 22.8 Å². The molecule has 2 aliphatic heterocycles. The lowest BCUT2D eigenvalue weighted by Gasteiger charge is -2.33. The third kappa shape index (κ3) is 9.79. The van der Waals surface area contributed by atoms with Gasteiger partial charge in [-0.3, -0.25) is 9.59 Å². The molecule has 2 aromatic rings. The normalized spacial score (nSPS) is 18.7. The molecule has 2 atom stereocenters. The lowest BCUT2D eigenvalue weighted by Crippen LogP contribution is -2.54. The Morgan fingerprint density at radius 3 is 2.23 bits per heavy atom. The largest absolute Gasteiger partial charge is 0.443 e. The second-order valence-electron chi connectivity index (χ2n) is 11.0. The number of hydrogen-bond acceptors (Lipinski definition) is 6. The summed E-state index contributed by atoms with van der Waals surface area (Å²) in [4.78, 5) is 45.9. The van der Waals surface area contributed by atoms with E-state index in [1.165, 1.54) is 4.90 Å². The molecule has 0 saturated carbocycles. The molecule has 3 amide bonds. The van der Waals surface area contributed by atoms with Crippen LogP contribution in [0, 0.1) is 5.92 Å². The minimum atomic E-state index is -3.66. The molecule has 0 aliphatic carbocycles. The van der Waals surface area contributed by atoms with Gasteiger partial charge in [0, 0.05) is 26.2 Å². The quantitative estimate of drug-likeness (QED) is 0.269. The van der Waals surface area contributed by atoms with Gasteiger partial charge in [-0.15, -0.1) is 4.99 Å². The number of hydrogen-bond donors (Lipinski definition) is 3. The van der Waals surface area contributed by atoms with Gasteiger partial charge < -0.3 is 25.6 Å². The van der Waals surface area contributed by atoms with Crippen LogP contribution in [0.4, 0.5) is 4.79 Å². The first kappa shape index (κ1) is 32.0. The van der Waals surface area contributed by atoms with E-state index in [-0.39, 0.29) is 30.8 Å². The molecular weight excluding hydrogens is 572 g/mol. The van der Waals surface area contributed by atoms with Gasteiger partial charge in [-0.05, 0) is 49.1 Å². The minimum absolute atomic E-state index is 0.105. The van der Waals surface area contributed by atoms with Crippen molar-refractivity contribution in [3.8, 4) is 0 Å². The first-order valence-corrected chi connectivity index (χ1v) is 16.4. The fourth-order valence-electron chi connectivity index (χ4n) is 5.44. The van der Waals surface area contributed by atoms with Crippen LogP contribution in [0.2, 0.25) is 0 Å². The summed E-state index contributed by atoms with van der Waals surface area (Å²) in [5, 5.41) is 3.00. The zero-order valence-electron chi connectivity index (χ0n) is 24.4. The van der Waals surface area contributed by atoms with Crippen LogP contribution in [0.5, 0.6) is 0 Å². The Bertz CT molecular complexity index is 1380. The summed E-state index contributed by atoms with van der Waals surface area (Å²) in [6.45, 7) is 2.10. The molecule has 2 fully saturated rings. The number of rotatable bonds is 10. The monoisotopic (exact) mass is 612 g/mol. The molecule has 4 rings (SSSR count). The number of nitrogens with one attached hydrogen (secondary N) is 2. The second kappa shape index (κ2) is 15.0. The number of sulfonamides is 1. The van der Waals surface area contributed by atoms with Gasteiger partial charge in [0.15, 0.2) is 0 Å². The highest BCUT2D eigenvalue weighted by atomic mass is 32.2. The van der Waals surface area contributed by atoms with Gasteiger partial charge >= 0.3 is 6.09 Å². The molecule has 0 radical (unpaired) electrons. The van der Waals surface area contributed by atoms with Crippen molar-refractivity contribution < 1.29 is 27.5 Å². The third-order valence-corrected chi connectivity index (χ3v) is 8.40. The van der Waals surface area contributed by atoms with Crippen LogP contribution in [-0.2, 0) is 37.4 Å². The lowest BCUT2D eigenvalue weighted by molar-refractivity contribution is -0.139. The molecule has 2 saturated heterocycles. The van der Waals surface area contributed by atoms with Crippen LogP contribution >= 0.6 is 0 Å². The summed E-state index contributed by atoms with van der Waals surface area (Å²) in [5.41, 5.74) is 7.72. The number of aliphatic imine (C=N–C) groups is 1. The van der Waals surface area contributed by atoms with Crippen molar-refractivity contribution in [2.75, 3.05) is 32.4 Å². The molecule has 12 nitrogen and oxygen atoms in total. The summed E-state index contributed by atoms with van der Waals surface area (Å²) < 4.78 is 31.7. The first-order valence-electron chi connectivity index (χ1n) is 14.5. The third-order valence-electron chi connectivity index (χ3n) is 7.69. The van der Waals surface area contributed by atoms with Crippen LogP contribution in [-0.4, -0.2) is 86.6 Å². The minimum Gasteiger partial charge on any atom is -0.443 e. The molecule has 0 unspecified atom stereocenters. The van der Waals surface area contributed by atoms with Gasteiger partial charge in [0.25, 0.3) is 0 Å². The standard InChI is InChI=1S/C30H40N6O6S/c1-43(40,41)34-25(19-22-9-4-2-5-10-22)28(38)36-16-8-13-26(36)27(37)32-20-23-14-17-35(18-15-23)29(31)33-30(39)42-21-24-11-6-3-7-12-24/h2-7,9-12,23,25-26,34H,8,13-21H2,1H3,(H,32,37)(H2,31,33,39)/t25-,26+/m1/s1. The molecule has 4 N–H and O–H groups in total. The average molecular weight is 613 g/mol. The summed E-state index contributed by atoms with van der Waals surface area (Å²) in [6, 6.07) is 16.8. The van der Waals surface area contributed by atoms with Crippen molar-refractivity contribution >= 4 is 33.9 Å². The summed E-state index contributed by atoms with van der Waals surface area (Å²) in [7, 11) is -3.66. The first-order chi connectivity index (χ1) is 20.6. The van der Waals surface area contributed by atoms with Crippen molar-refractivity contribution in [2.45, 2.75) is 50.8 Å². The number of guanidine groups is 1. The highest BCUT2D eigenvalue weighted by Gasteiger charge is 2.38. The Morgan fingerprint density at radius 1 is 0.977 bits per heavy atom. The SMILES string of the molecule is CS(=O)(=O)N[C@H](Cc1ccccc1)C(=O)N1CCC[C@H]1C(=O)NCC1CCN(/C(N)=N\C(=O)OCc2ccccc2)CC1. The van der Waals surface area contributed by atoms with E-state index < -0.39 is 34.1 Å². The van der Waals surface area contributed by atoms with Crippen molar-refractivity contribution in [1.82, 2.24) is 19.8 Å². The molecule has 2 heterocycles. The molecule has 2 aliphatic rings. The topological polar surface area (TPSA) is 163 Å². The molecular formula is C30H40N6O6S. The maximum absolute atomic E-state index is 13.5. The van der Waals surface area contributed by atoms with E-state index in [1.54, 1.807) is 0 Å². The number of benzene rings is 2. The van der Waals surface area contributed by atoms with E-state index in [0.29, 0.717) is 39.0 Å². The Kier molecular flexibility index (Phi) is 11.1. The number of nitrogens with zero attached hydrogens (tertiary/aromatic N) is 3. The van der Waals surface area contributed by atoms with Crippen LogP contribution in [0.25, 0.3) is 0 Å². The van der Waals surface area contributed by atoms with E-state index in [4.69, 9.17) is 10.5 Å². The Morgan fingerprint density at radius 2 is 1.60 bits per heavy atom. The average Bonchev–Trinajstić information content (AvgIpc) is 3.49. The molecule has 0 spiro atoms. The Hall–Kier alpha value is -3.97. The number of nitrogens with two attached hydrogens (primary N) is 1. The number of amides is 3. The summed E-state index contributed by atoms with van der Waals surface area (Å²) in [6.07, 6.45) is 3.11. The van der Waals surface area contributed by atoms with Gasteiger partial charge in [-0.1, -0.05) is 60.7 Å². The highest BCUT2D eigenvalue weighted by molar-refractivity contribution is 7.88. The number of carbonyl (C=O) groups is 3. The molecule has 0 aromatic heterocycles. The van der Waals surface area contributed by atoms with Gasteiger partial charge in [0.2, 0.25) is 27.8 Å².